The molecule has 0 bridgehead atoms. The zero-order chi connectivity index (χ0) is 31.3. The molecular formula is C29H53F3N8O4. The molecule has 11 atom stereocenters. The first kappa shape index (κ1) is 33.2. The normalized spacial score (nSPS) is 45.2. The van der Waals surface area contributed by atoms with Crippen LogP contribution in [0, 0.1) is 5.92 Å². The number of nitrogens with two attached hydrogens (primary N) is 1. The third-order valence-corrected chi connectivity index (χ3v) is 11.2. The number of nitrogens with one attached hydrogen (secondary N) is 4. The highest BCUT2D eigenvalue weighted by Crippen LogP contribution is 2.40. The molecule has 8 N–H and O–H groups in total. The lowest BCUT2D eigenvalue weighted by Crippen LogP contribution is -2.68. The monoisotopic (exact) mass is 634 g/mol. The molecule has 0 spiro atoms. The fourth-order valence-corrected chi connectivity index (χ4v) is 8.86. The quantitative estimate of drug-likeness (QED) is 0.171. The molecule has 6 aliphatic rings. The third kappa shape index (κ3) is 6.81. The van der Waals surface area contributed by atoms with Gasteiger partial charge in [0.1, 0.15) is 24.5 Å². The zero-order valence-corrected chi connectivity index (χ0v) is 26.1. The maximum atomic E-state index is 12.8. The van der Waals surface area contributed by atoms with E-state index in [-0.39, 0.29) is 42.7 Å². The van der Waals surface area contributed by atoms with Gasteiger partial charge in [-0.1, -0.05) is 6.92 Å². The summed E-state index contributed by atoms with van der Waals surface area (Å²) in [5.74, 6) is 0.584. The second-order valence-corrected chi connectivity index (χ2v) is 14.0. The minimum absolute atomic E-state index is 0.0250. The Labute approximate surface area is 258 Å². The van der Waals surface area contributed by atoms with E-state index in [9.17, 15) is 23.4 Å². The number of likely N-dealkylation sites (N-methyl/N-ethyl adjacent to an activating group) is 1. The van der Waals surface area contributed by atoms with E-state index in [2.05, 4.69) is 56.6 Å². The van der Waals surface area contributed by atoms with Crippen molar-refractivity contribution in [3.63, 3.8) is 0 Å². The number of aliphatic hydroxyl groups excluding tert-OH is 2. The lowest BCUT2D eigenvalue weighted by molar-refractivity contribution is -0.346. The van der Waals surface area contributed by atoms with Crippen LogP contribution in [0.15, 0.2) is 0 Å². The Hall–Kier alpha value is -0.690. The summed E-state index contributed by atoms with van der Waals surface area (Å²) >= 11 is 0. The van der Waals surface area contributed by atoms with Crippen molar-refractivity contribution in [2.24, 2.45) is 11.7 Å². The van der Waals surface area contributed by atoms with E-state index in [1.165, 1.54) is 0 Å². The molecule has 15 heteroatoms. The average Bonchev–Trinajstić information content (AvgIpc) is 3.60. The first-order valence-corrected chi connectivity index (χ1v) is 16.7. The Bertz CT molecular complexity index is 964. The van der Waals surface area contributed by atoms with Crippen molar-refractivity contribution in [2.75, 3.05) is 26.4 Å². The Balaban J connectivity index is 0.978. The van der Waals surface area contributed by atoms with E-state index in [4.69, 9.17) is 10.5 Å². The standard InChI is InChI=1S/C29H53F3N8O4/c1-4-38-20-7-6-18(44-29(30,31)32)11-19(20)37-22(38)8-5-16-9-17(10-16)39(15(2)3)12-21-24(41)25(42)28(43-21)40-14-36-23-26(33)34-13-35-27(23)40/h15-28,34-37,41-42H,4-14,33H2,1-3H3/t16?,17?,18?,19?,20?,21-,22?,23?,24-,25-,26?,27?,28-/m1/s1. The van der Waals surface area contributed by atoms with Crippen LogP contribution in [0.1, 0.15) is 65.7 Å². The van der Waals surface area contributed by atoms with Gasteiger partial charge in [0.25, 0.3) is 0 Å². The molecular weight excluding hydrogens is 581 g/mol. The average molecular weight is 635 g/mol. The first-order valence-electron chi connectivity index (χ1n) is 16.7. The van der Waals surface area contributed by atoms with Crippen LogP contribution in [0.4, 0.5) is 13.2 Å². The van der Waals surface area contributed by atoms with Gasteiger partial charge in [0.2, 0.25) is 0 Å². The molecule has 2 saturated carbocycles. The zero-order valence-electron chi connectivity index (χ0n) is 26.1. The van der Waals surface area contributed by atoms with Gasteiger partial charge in [-0.2, -0.15) is 0 Å². The number of halogens is 3. The summed E-state index contributed by atoms with van der Waals surface area (Å²) in [7, 11) is 0. The molecule has 4 aliphatic heterocycles. The van der Waals surface area contributed by atoms with Gasteiger partial charge in [-0.3, -0.25) is 35.8 Å². The SMILES string of the molecule is CCN1C(CCC2CC(N(C[C@H]3O[C@@H](N4CNC5C(N)NCNC54)[C@H](O)[C@@H]3O)C(C)C)C2)NC2CC(OC(F)(F)F)CCC21. The summed E-state index contributed by atoms with van der Waals surface area (Å²) in [6.45, 7) is 8.95. The largest absolute Gasteiger partial charge is 0.522 e. The fourth-order valence-electron chi connectivity index (χ4n) is 8.86. The maximum Gasteiger partial charge on any atom is 0.522 e. The highest BCUT2D eigenvalue weighted by molar-refractivity contribution is 5.03. The molecule has 0 amide bonds. The molecule has 4 heterocycles. The summed E-state index contributed by atoms with van der Waals surface area (Å²) in [6.07, 6.45) is -2.87. The maximum absolute atomic E-state index is 12.8. The molecule has 2 aliphatic carbocycles. The summed E-state index contributed by atoms with van der Waals surface area (Å²) in [4.78, 5) is 6.87. The van der Waals surface area contributed by atoms with Gasteiger partial charge in [0.15, 0.2) is 0 Å². The van der Waals surface area contributed by atoms with Gasteiger partial charge in [-0.05, 0) is 71.3 Å². The first-order chi connectivity index (χ1) is 20.9. The number of ether oxygens (including phenoxy) is 2. The Morgan fingerprint density at radius 2 is 1.84 bits per heavy atom. The molecule has 0 aromatic rings. The predicted octanol–water partition coefficient (Wildman–Crippen LogP) is -0.228. The van der Waals surface area contributed by atoms with Crippen molar-refractivity contribution in [3.8, 4) is 0 Å². The topological polar surface area (TPSA) is 143 Å². The van der Waals surface area contributed by atoms with Gasteiger partial charge in [-0.15, -0.1) is 13.2 Å². The second kappa shape index (κ2) is 13.4. The number of nitrogens with zero attached hydrogens (tertiary/aromatic N) is 3. The number of aliphatic hydroxyl groups is 2. The number of fused-ring (bicyclic) bond motifs is 2. The van der Waals surface area contributed by atoms with E-state index in [0.717, 1.165) is 38.6 Å². The van der Waals surface area contributed by atoms with E-state index in [1.807, 2.05) is 4.90 Å². The van der Waals surface area contributed by atoms with Crippen molar-refractivity contribution < 1.29 is 32.9 Å². The van der Waals surface area contributed by atoms with Crippen LogP contribution in [0.3, 0.4) is 0 Å². The Morgan fingerprint density at radius 1 is 1.07 bits per heavy atom. The van der Waals surface area contributed by atoms with Crippen LogP contribution in [0.5, 0.6) is 0 Å². The number of hydrogen-bond acceptors (Lipinski definition) is 12. The van der Waals surface area contributed by atoms with Gasteiger partial charge in [0.05, 0.1) is 37.3 Å². The summed E-state index contributed by atoms with van der Waals surface area (Å²) in [5.41, 5.74) is 6.21. The van der Waals surface area contributed by atoms with Crippen LogP contribution in [0.25, 0.3) is 0 Å². The van der Waals surface area contributed by atoms with E-state index in [0.29, 0.717) is 44.7 Å². The number of alkyl halides is 3. The molecule has 12 nitrogen and oxygen atoms in total. The van der Waals surface area contributed by atoms with Crippen molar-refractivity contribution in [1.82, 2.24) is 36.0 Å². The second-order valence-electron chi connectivity index (χ2n) is 14.0. The van der Waals surface area contributed by atoms with E-state index >= 15 is 0 Å². The van der Waals surface area contributed by atoms with Crippen LogP contribution < -0.4 is 27.0 Å². The van der Waals surface area contributed by atoms with Crippen LogP contribution in [-0.2, 0) is 9.47 Å². The number of hydrogen-bond donors (Lipinski definition) is 7. The van der Waals surface area contributed by atoms with Crippen molar-refractivity contribution in [2.45, 2.75) is 151 Å². The lowest BCUT2D eigenvalue weighted by atomic mass is 9.76. The van der Waals surface area contributed by atoms with Crippen LogP contribution >= 0.6 is 0 Å². The summed E-state index contributed by atoms with van der Waals surface area (Å²) < 4.78 is 49.1. The molecule has 0 aromatic carbocycles. The van der Waals surface area contributed by atoms with Crippen LogP contribution in [-0.4, -0.2) is 137 Å². The van der Waals surface area contributed by atoms with E-state index < -0.39 is 37.0 Å². The van der Waals surface area contributed by atoms with Gasteiger partial charge < -0.3 is 20.7 Å². The minimum atomic E-state index is -4.58. The Kier molecular flexibility index (Phi) is 10.1. The smallest absolute Gasteiger partial charge is 0.387 e. The van der Waals surface area contributed by atoms with Crippen LogP contribution in [0.2, 0.25) is 0 Å². The highest BCUT2D eigenvalue weighted by Gasteiger charge is 2.52. The van der Waals surface area contributed by atoms with Gasteiger partial charge in [0, 0.05) is 37.4 Å². The summed E-state index contributed by atoms with van der Waals surface area (Å²) in [5, 5.41) is 35.6. The lowest BCUT2D eigenvalue weighted by Gasteiger charge is -2.46. The molecule has 4 saturated heterocycles. The van der Waals surface area contributed by atoms with Gasteiger partial charge >= 0.3 is 6.36 Å². The highest BCUT2D eigenvalue weighted by atomic mass is 19.4. The molecule has 254 valence electrons. The summed E-state index contributed by atoms with van der Waals surface area (Å²) in [6, 6.07) is 0.925. The van der Waals surface area contributed by atoms with Crippen molar-refractivity contribution in [1.29, 1.82) is 0 Å². The predicted molar refractivity (Wildman–Crippen MR) is 156 cm³/mol. The molecule has 7 unspecified atom stereocenters. The van der Waals surface area contributed by atoms with Crippen molar-refractivity contribution in [3.05, 3.63) is 0 Å². The molecule has 6 rings (SSSR count). The minimum Gasteiger partial charge on any atom is -0.387 e. The molecule has 6 fully saturated rings. The Morgan fingerprint density at radius 3 is 2.55 bits per heavy atom. The molecule has 0 aromatic heterocycles. The van der Waals surface area contributed by atoms with Crippen molar-refractivity contribution >= 4 is 0 Å². The molecule has 0 radical (unpaired) electrons. The van der Waals surface area contributed by atoms with Gasteiger partial charge in [-0.25, -0.2) is 4.90 Å². The third-order valence-electron chi connectivity index (χ3n) is 11.2. The fraction of sp³-hybridized carbons (Fsp3) is 1.00. The van der Waals surface area contributed by atoms with E-state index in [1.54, 1.807) is 0 Å². The molecule has 44 heavy (non-hydrogen) atoms. The number of rotatable bonds is 10.